The van der Waals surface area contributed by atoms with Gasteiger partial charge < -0.3 is 19.9 Å². The van der Waals surface area contributed by atoms with Crippen LogP contribution >= 0.6 is 24.0 Å². The number of alkyl carbamates (subject to hydrolysis) is 1. The summed E-state index contributed by atoms with van der Waals surface area (Å²) < 4.78 is 20.9. The summed E-state index contributed by atoms with van der Waals surface area (Å²) in [5.41, 5.74) is 3.56. The number of anilines is 1. The van der Waals surface area contributed by atoms with Gasteiger partial charge in [-0.2, -0.15) is 0 Å². The van der Waals surface area contributed by atoms with Gasteiger partial charge in [0, 0.05) is 21.1 Å². The maximum Gasteiger partial charge on any atom is 0.407 e. The molecule has 1 saturated carbocycles. The molecule has 1 aliphatic carbocycles. The van der Waals surface area contributed by atoms with Gasteiger partial charge >= 0.3 is 6.09 Å². The molecule has 2 amide bonds. The Morgan fingerprint density at radius 2 is 1.94 bits per heavy atom. The third kappa shape index (κ3) is 7.36. The second-order valence-electron chi connectivity index (χ2n) is 8.69. The number of nitrogens with zero attached hydrogens (tertiary/aromatic N) is 3. The third-order valence-electron chi connectivity index (χ3n) is 5.92. The predicted molar refractivity (Wildman–Crippen MR) is 150 cm³/mol. The smallest absolute Gasteiger partial charge is 0.407 e. The maximum atomic E-state index is 14.4. The molecular formula is C25H37FIN5O3. The SMILES string of the molecule is COC(=O)NC1CCCCC1.Cc1cnc(NC=O)cc1-c1cc(F)c2ncn(C(C)C)c2c1.I.[HH].[HH]. The second-order valence-corrected chi connectivity index (χ2v) is 8.69. The molecule has 0 unspecified atom stereocenters. The van der Waals surface area contributed by atoms with E-state index >= 15 is 0 Å². The summed E-state index contributed by atoms with van der Waals surface area (Å²) in [6.07, 6.45) is 9.56. The van der Waals surface area contributed by atoms with E-state index in [4.69, 9.17) is 0 Å². The van der Waals surface area contributed by atoms with Crippen molar-refractivity contribution in [3.8, 4) is 11.1 Å². The lowest BCUT2D eigenvalue weighted by Crippen LogP contribution is -2.35. The fourth-order valence-corrected chi connectivity index (χ4v) is 4.10. The van der Waals surface area contributed by atoms with Crippen LogP contribution in [-0.2, 0) is 9.53 Å². The predicted octanol–water partition coefficient (Wildman–Crippen LogP) is 6.48. The normalized spacial score (nSPS) is 13.4. The number of aromatic nitrogens is 3. The van der Waals surface area contributed by atoms with E-state index in [1.165, 1.54) is 32.4 Å². The van der Waals surface area contributed by atoms with Crippen LogP contribution in [0, 0.1) is 12.7 Å². The Kier molecular flexibility index (Phi) is 10.9. The Balaban J connectivity index is 0.000000795. The van der Waals surface area contributed by atoms with Crippen LogP contribution in [0.2, 0.25) is 0 Å². The van der Waals surface area contributed by atoms with Crippen LogP contribution in [0.15, 0.2) is 30.7 Å². The molecule has 8 nitrogen and oxygen atoms in total. The lowest BCUT2D eigenvalue weighted by atomic mass is 9.96. The Labute approximate surface area is 225 Å². The van der Waals surface area contributed by atoms with Crippen molar-refractivity contribution in [2.75, 3.05) is 12.4 Å². The van der Waals surface area contributed by atoms with Crippen molar-refractivity contribution >= 4 is 53.3 Å². The van der Waals surface area contributed by atoms with Gasteiger partial charge in [0.1, 0.15) is 11.3 Å². The zero-order valence-corrected chi connectivity index (χ0v) is 22.8. The number of hydrogen-bond acceptors (Lipinski definition) is 5. The van der Waals surface area contributed by atoms with Crippen molar-refractivity contribution < 1.29 is 21.6 Å². The fourth-order valence-electron chi connectivity index (χ4n) is 4.10. The average molecular weight is 602 g/mol. The first-order chi connectivity index (χ1) is 16.3. The maximum absolute atomic E-state index is 14.4. The molecule has 0 aliphatic heterocycles. The number of amides is 2. The molecule has 1 aromatic carbocycles. The molecule has 0 saturated heterocycles. The highest BCUT2D eigenvalue weighted by atomic mass is 127. The summed E-state index contributed by atoms with van der Waals surface area (Å²) in [5, 5.41) is 5.33. The lowest BCUT2D eigenvalue weighted by molar-refractivity contribution is -0.105. The number of carbonyl (C=O) groups excluding carboxylic acids is 2. The number of hydrogen-bond donors (Lipinski definition) is 2. The molecule has 35 heavy (non-hydrogen) atoms. The van der Waals surface area contributed by atoms with E-state index < -0.39 is 0 Å². The zero-order valence-electron chi connectivity index (χ0n) is 20.5. The van der Waals surface area contributed by atoms with Crippen LogP contribution < -0.4 is 10.6 Å². The van der Waals surface area contributed by atoms with Gasteiger partial charge in [-0.1, -0.05) is 19.3 Å². The number of imidazole rings is 1. The molecule has 0 radical (unpaired) electrons. The monoisotopic (exact) mass is 601 g/mol. The number of rotatable bonds is 5. The van der Waals surface area contributed by atoms with E-state index in [0.29, 0.717) is 23.8 Å². The van der Waals surface area contributed by atoms with Gasteiger partial charge in [0.25, 0.3) is 0 Å². The number of benzene rings is 1. The minimum Gasteiger partial charge on any atom is -0.453 e. The van der Waals surface area contributed by atoms with Crippen molar-refractivity contribution in [3.05, 3.63) is 42.1 Å². The zero-order chi connectivity index (χ0) is 24.7. The fraction of sp³-hybridized carbons (Fsp3) is 0.440. The molecule has 1 aliphatic rings. The summed E-state index contributed by atoms with van der Waals surface area (Å²) in [5.74, 6) is 0.0662. The molecule has 0 atom stereocenters. The van der Waals surface area contributed by atoms with Crippen molar-refractivity contribution in [2.24, 2.45) is 0 Å². The van der Waals surface area contributed by atoms with Gasteiger partial charge in [0.05, 0.1) is 19.0 Å². The number of carbonyl (C=O) groups is 2. The van der Waals surface area contributed by atoms with E-state index in [0.717, 1.165) is 35.0 Å². The third-order valence-corrected chi connectivity index (χ3v) is 5.92. The topological polar surface area (TPSA) is 98.1 Å². The first-order valence-corrected chi connectivity index (χ1v) is 11.5. The highest BCUT2D eigenvalue weighted by Crippen LogP contribution is 2.30. The Bertz CT molecular complexity index is 1160. The molecule has 0 bridgehead atoms. The standard InChI is InChI=1S/C17H17FN4O.C8H15NO2.HI.2H2/c1-10(2)22-8-20-17-14(18)4-12(5-15(17)22)13-6-16(21-9-23)19-7-11(13)3;1-11-8(10)9-7-5-3-2-4-6-7;;;/h4-10H,1-3H3,(H,19,21,23);7H,2-6H2,1H3,(H,9,10);3*1H. The molecule has 4 rings (SSSR count). The first-order valence-electron chi connectivity index (χ1n) is 11.5. The van der Waals surface area contributed by atoms with Crippen LogP contribution in [0.3, 0.4) is 0 Å². The molecule has 1 fully saturated rings. The molecule has 194 valence electrons. The van der Waals surface area contributed by atoms with E-state index in [1.807, 2.05) is 31.4 Å². The number of nitrogens with one attached hydrogen (secondary N) is 2. The van der Waals surface area contributed by atoms with Crippen molar-refractivity contribution in [3.63, 3.8) is 0 Å². The number of ether oxygens (including phenoxy) is 1. The molecular weight excluding hydrogens is 564 g/mol. The highest BCUT2D eigenvalue weighted by Gasteiger charge is 2.15. The number of pyridine rings is 1. The van der Waals surface area contributed by atoms with Gasteiger partial charge in [-0.05, 0) is 68.5 Å². The molecule has 2 heterocycles. The van der Waals surface area contributed by atoms with Gasteiger partial charge in [-0.15, -0.1) is 24.0 Å². The van der Waals surface area contributed by atoms with Crippen LogP contribution in [0.1, 0.15) is 60.4 Å². The Morgan fingerprint density at radius 1 is 1.23 bits per heavy atom. The van der Waals surface area contributed by atoms with Gasteiger partial charge in [0.2, 0.25) is 6.41 Å². The van der Waals surface area contributed by atoms with E-state index in [1.54, 1.807) is 18.6 Å². The molecule has 3 aromatic rings. The van der Waals surface area contributed by atoms with Crippen LogP contribution in [-0.4, -0.2) is 40.2 Å². The minimum absolute atomic E-state index is 0. The lowest BCUT2D eigenvalue weighted by Gasteiger charge is -2.21. The van der Waals surface area contributed by atoms with Crippen LogP contribution in [0.25, 0.3) is 22.2 Å². The minimum atomic E-state index is -0.363. The van der Waals surface area contributed by atoms with E-state index in [-0.39, 0.29) is 44.8 Å². The summed E-state index contributed by atoms with van der Waals surface area (Å²) in [6.45, 7) is 5.94. The quantitative estimate of drug-likeness (QED) is 0.258. The summed E-state index contributed by atoms with van der Waals surface area (Å²) in [7, 11) is 1.40. The summed E-state index contributed by atoms with van der Waals surface area (Å²) in [6, 6.07) is 5.66. The van der Waals surface area contributed by atoms with Crippen molar-refractivity contribution in [2.45, 2.75) is 65.0 Å². The molecule has 0 spiro atoms. The van der Waals surface area contributed by atoms with Crippen molar-refractivity contribution in [1.82, 2.24) is 19.9 Å². The number of methoxy groups -OCH3 is 1. The number of fused-ring (bicyclic) bond motifs is 1. The van der Waals surface area contributed by atoms with Crippen molar-refractivity contribution in [1.29, 1.82) is 0 Å². The summed E-state index contributed by atoms with van der Waals surface area (Å²) >= 11 is 0. The number of aryl methyl sites for hydroxylation is 1. The number of halogens is 2. The first kappa shape index (κ1) is 28.5. The molecule has 2 N–H and O–H groups in total. The largest absolute Gasteiger partial charge is 0.453 e. The van der Waals surface area contributed by atoms with Gasteiger partial charge in [0.15, 0.2) is 5.82 Å². The van der Waals surface area contributed by atoms with Crippen LogP contribution in [0.4, 0.5) is 15.0 Å². The van der Waals surface area contributed by atoms with Gasteiger partial charge in [-0.3, -0.25) is 4.79 Å². The highest BCUT2D eigenvalue weighted by molar-refractivity contribution is 14.0. The Hall–Kier alpha value is -2.76. The van der Waals surface area contributed by atoms with Gasteiger partial charge in [-0.25, -0.2) is 19.2 Å². The second kappa shape index (κ2) is 13.4. The molecule has 2 aromatic heterocycles. The van der Waals surface area contributed by atoms with E-state index in [2.05, 4.69) is 25.3 Å². The molecule has 10 heteroatoms. The van der Waals surface area contributed by atoms with Crippen LogP contribution in [0.5, 0.6) is 0 Å². The van der Waals surface area contributed by atoms with E-state index in [9.17, 15) is 14.0 Å². The average Bonchev–Trinajstić information content (AvgIpc) is 3.26. The summed E-state index contributed by atoms with van der Waals surface area (Å²) in [4.78, 5) is 29.6. The Morgan fingerprint density at radius 3 is 2.57 bits per heavy atom.